The van der Waals surface area contributed by atoms with Gasteiger partial charge in [-0.05, 0) is 62.1 Å². The highest BCUT2D eigenvalue weighted by Gasteiger charge is 2.39. The maximum absolute atomic E-state index is 14.0. The van der Waals surface area contributed by atoms with Gasteiger partial charge < -0.3 is 30.9 Å². The summed E-state index contributed by atoms with van der Waals surface area (Å²) in [5.41, 5.74) is 1.46. The van der Waals surface area contributed by atoms with Crippen molar-refractivity contribution in [2.24, 2.45) is 5.92 Å². The molecule has 0 spiro atoms. The van der Waals surface area contributed by atoms with Crippen molar-refractivity contribution in [3.8, 4) is 6.07 Å². The number of carboxylic acids is 1. The molecule has 1 atom stereocenters. The fraction of sp³-hybridized carbons (Fsp3) is 0.562. The number of alkyl halides is 3. The lowest BCUT2D eigenvalue weighted by Crippen LogP contribution is -2.44. The molecule has 2 saturated heterocycles. The average molecular weight is 738 g/mol. The smallest absolute Gasteiger partial charge is 0.451 e. The minimum atomic E-state index is -4.81. The second-order valence-corrected chi connectivity index (χ2v) is 14.3. The van der Waals surface area contributed by atoms with Crippen LogP contribution in [-0.4, -0.2) is 99.0 Å². The third kappa shape index (κ3) is 12.2. The molecule has 2 aromatic rings. The Morgan fingerprint density at radius 1 is 0.941 bits per heavy atom. The van der Waals surface area contributed by atoms with Crippen LogP contribution in [0.4, 0.5) is 29.6 Å². The van der Waals surface area contributed by atoms with Crippen LogP contribution < -0.4 is 30.5 Å². The van der Waals surface area contributed by atoms with Gasteiger partial charge in [0.2, 0.25) is 21.8 Å². The average Bonchev–Trinajstić information content (AvgIpc) is 3.58. The fourth-order valence-corrected chi connectivity index (χ4v) is 6.90. The van der Waals surface area contributed by atoms with E-state index >= 15 is 0 Å². The molecule has 15 nitrogen and oxygen atoms in total. The Morgan fingerprint density at radius 2 is 1.63 bits per heavy atom. The first-order chi connectivity index (χ1) is 24.2. The molecule has 2 fully saturated rings. The van der Waals surface area contributed by atoms with Gasteiger partial charge in [0, 0.05) is 51.9 Å². The van der Waals surface area contributed by atoms with Crippen molar-refractivity contribution in [2.45, 2.75) is 57.2 Å². The number of aromatic nitrogens is 2. The van der Waals surface area contributed by atoms with Crippen LogP contribution in [0.3, 0.4) is 0 Å². The molecule has 0 bridgehead atoms. The number of carboxylic acid groups (broad SMARTS) is 1. The van der Waals surface area contributed by atoms with Gasteiger partial charge in [0.05, 0.1) is 23.8 Å². The van der Waals surface area contributed by atoms with E-state index in [9.17, 15) is 36.0 Å². The van der Waals surface area contributed by atoms with E-state index in [-0.39, 0.29) is 55.3 Å². The van der Waals surface area contributed by atoms with E-state index < -0.39 is 40.1 Å². The number of aliphatic carboxylic acids is 1. The van der Waals surface area contributed by atoms with Gasteiger partial charge in [0.25, 0.3) is 0 Å². The van der Waals surface area contributed by atoms with Crippen molar-refractivity contribution in [2.75, 3.05) is 61.4 Å². The molecule has 1 unspecified atom stereocenters. The number of urea groups is 1. The highest BCUT2D eigenvalue weighted by atomic mass is 32.2. The normalized spacial score (nSPS) is 16.8. The number of rotatable bonds is 16. The Hall–Kier alpha value is -4.70. The predicted octanol–water partition coefficient (Wildman–Crippen LogP) is 1.99. The minimum Gasteiger partial charge on any atom is -0.481 e. The molecule has 278 valence electrons. The highest BCUT2D eigenvalue weighted by Crippen LogP contribution is 2.34. The summed E-state index contributed by atoms with van der Waals surface area (Å²) in [5.74, 6) is -2.78. The lowest BCUT2D eigenvalue weighted by atomic mass is 9.94. The summed E-state index contributed by atoms with van der Waals surface area (Å²) >= 11 is 0. The Bertz CT molecular complexity index is 1660. The lowest BCUT2D eigenvalue weighted by molar-refractivity contribution is -0.144. The van der Waals surface area contributed by atoms with Gasteiger partial charge in [0.1, 0.15) is 17.7 Å². The van der Waals surface area contributed by atoms with Crippen molar-refractivity contribution in [3.63, 3.8) is 0 Å². The number of sulfonamides is 1. The third-order valence-electron chi connectivity index (χ3n) is 8.69. The first-order valence-electron chi connectivity index (χ1n) is 16.7. The molecule has 51 heavy (non-hydrogen) atoms. The molecule has 2 aliphatic heterocycles. The number of nitrogens with zero attached hydrogens (tertiary/aromatic N) is 5. The van der Waals surface area contributed by atoms with Gasteiger partial charge in [-0.15, -0.1) is 0 Å². The molecule has 0 radical (unpaired) electrons. The van der Waals surface area contributed by atoms with Gasteiger partial charge in [-0.25, -0.2) is 27.9 Å². The van der Waals surface area contributed by atoms with Gasteiger partial charge in [-0.3, -0.25) is 9.59 Å². The van der Waals surface area contributed by atoms with Crippen LogP contribution in [0, 0.1) is 17.2 Å². The summed E-state index contributed by atoms with van der Waals surface area (Å²) in [6.45, 7) is 1.36. The van der Waals surface area contributed by atoms with Gasteiger partial charge in [-0.2, -0.15) is 18.4 Å². The van der Waals surface area contributed by atoms with Crippen LogP contribution in [0.1, 0.15) is 55.5 Å². The van der Waals surface area contributed by atoms with Crippen molar-refractivity contribution in [1.82, 2.24) is 30.6 Å². The van der Waals surface area contributed by atoms with Crippen LogP contribution in [0.15, 0.2) is 30.3 Å². The molecule has 19 heteroatoms. The maximum atomic E-state index is 14.0. The second kappa shape index (κ2) is 18.0. The number of nitriles is 1. The zero-order chi connectivity index (χ0) is 37.0. The SMILES string of the molecule is N#Cc1ccc(CCNC(=O)C2CCCN2c2cc(N3CCC(CCNS(=O)(=O)CCNC(=O)NCCC(=O)O)CC3)nc(C(F)(F)F)n2)cc1. The zero-order valence-corrected chi connectivity index (χ0v) is 28.7. The Morgan fingerprint density at radius 3 is 2.29 bits per heavy atom. The van der Waals surface area contributed by atoms with E-state index in [1.165, 1.54) is 6.07 Å². The first-order valence-corrected chi connectivity index (χ1v) is 18.3. The molecule has 5 N–H and O–H groups in total. The zero-order valence-electron chi connectivity index (χ0n) is 27.9. The van der Waals surface area contributed by atoms with Crippen LogP contribution in [0.2, 0.25) is 0 Å². The van der Waals surface area contributed by atoms with Crippen molar-refractivity contribution in [1.29, 1.82) is 5.26 Å². The number of nitrogens with one attached hydrogen (secondary N) is 4. The van der Waals surface area contributed by atoms with Gasteiger partial charge >= 0.3 is 18.2 Å². The van der Waals surface area contributed by atoms with Gasteiger partial charge in [-0.1, -0.05) is 12.1 Å². The summed E-state index contributed by atoms with van der Waals surface area (Å²) in [5, 5.41) is 25.1. The molecular weight excluding hydrogens is 695 g/mol. The van der Waals surface area contributed by atoms with E-state index in [4.69, 9.17) is 10.4 Å². The van der Waals surface area contributed by atoms with E-state index in [2.05, 4.69) is 36.7 Å². The van der Waals surface area contributed by atoms with Crippen LogP contribution >= 0.6 is 0 Å². The fourth-order valence-electron chi connectivity index (χ4n) is 5.95. The number of carbonyl (C=O) groups is 3. The lowest BCUT2D eigenvalue weighted by Gasteiger charge is -2.34. The number of piperidine rings is 1. The van der Waals surface area contributed by atoms with E-state index in [0.29, 0.717) is 70.3 Å². The summed E-state index contributed by atoms with van der Waals surface area (Å²) in [7, 11) is -3.69. The number of benzene rings is 1. The highest BCUT2D eigenvalue weighted by molar-refractivity contribution is 7.89. The predicted molar refractivity (Wildman–Crippen MR) is 180 cm³/mol. The number of carbonyl (C=O) groups excluding carboxylic acids is 2. The van der Waals surface area contributed by atoms with E-state index in [1.54, 1.807) is 34.1 Å². The molecule has 3 heterocycles. The number of anilines is 2. The van der Waals surface area contributed by atoms with Crippen LogP contribution in [0.25, 0.3) is 0 Å². The minimum absolute atomic E-state index is 0.0285. The van der Waals surface area contributed by atoms with Gasteiger partial charge in [0.15, 0.2) is 0 Å². The third-order valence-corrected chi connectivity index (χ3v) is 10.1. The monoisotopic (exact) mass is 737 g/mol. The summed E-state index contributed by atoms with van der Waals surface area (Å²) in [6.07, 6.45) is -1.79. The Balaban J connectivity index is 1.28. The second-order valence-electron chi connectivity index (χ2n) is 12.4. The van der Waals surface area contributed by atoms with Crippen LogP contribution in [0.5, 0.6) is 0 Å². The van der Waals surface area contributed by atoms with E-state index in [1.807, 2.05) is 0 Å². The Kier molecular flexibility index (Phi) is 13.8. The summed E-state index contributed by atoms with van der Waals surface area (Å²) in [4.78, 5) is 46.3. The molecule has 1 aromatic carbocycles. The molecule has 3 amide bonds. The topological polar surface area (TPSA) is 210 Å². The number of hydrogen-bond acceptors (Lipinski definition) is 10. The Labute approximate surface area is 294 Å². The summed E-state index contributed by atoms with van der Waals surface area (Å²) in [6, 6.07) is 9.17. The van der Waals surface area contributed by atoms with Crippen molar-refractivity contribution >= 4 is 39.6 Å². The van der Waals surface area contributed by atoms with Crippen molar-refractivity contribution < 1.29 is 41.1 Å². The molecule has 4 rings (SSSR count). The molecule has 1 aromatic heterocycles. The molecule has 0 aliphatic carbocycles. The number of amides is 3. The summed E-state index contributed by atoms with van der Waals surface area (Å²) < 4.78 is 69.1. The molecule has 2 aliphatic rings. The largest absolute Gasteiger partial charge is 0.481 e. The standard InChI is InChI=1S/C32H42F3N9O6S/c33-32(34,35)30-41-26(20-27(42-30)44-16-1-2-25(44)29(47)37-12-7-22-3-5-24(21-36)6-4-22)43-17-10-23(11-18-43)8-14-40-51(49,50)19-15-39-31(48)38-13-9-28(45)46/h3-6,20,23,25,40H,1-2,7-19H2,(H,37,47)(H,45,46)(H2,38,39,48). The molecule has 0 saturated carbocycles. The number of halogens is 3. The van der Waals surface area contributed by atoms with Crippen LogP contribution in [-0.2, 0) is 32.2 Å². The quantitative estimate of drug-likeness (QED) is 0.168. The number of hydrogen-bond donors (Lipinski definition) is 5. The first kappa shape index (κ1) is 39.1. The maximum Gasteiger partial charge on any atom is 0.451 e. The molecular formula is C32H42F3N9O6S. The van der Waals surface area contributed by atoms with Crippen molar-refractivity contribution in [3.05, 3.63) is 47.3 Å². The van der Waals surface area contributed by atoms with E-state index in [0.717, 1.165) is 5.56 Å².